The van der Waals surface area contributed by atoms with Crippen molar-refractivity contribution in [2.75, 3.05) is 0 Å². The SMILES string of the molecule is CC(C)(C)/C(Cc1ccccc1)=N/N=O. The molecule has 1 aromatic carbocycles. The molecule has 3 heteroatoms. The molecular weight excluding hydrogens is 188 g/mol. The maximum atomic E-state index is 10.2. The molecule has 1 rings (SSSR count). The molecule has 15 heavy (non-hydrogen) atoms. The van der Waals surface area contributed by atoms with Crippen molar-refractivity contribution in [3.8, 4) is 0 Å². The summed E-state index contributed by atoms with van der Waals surface area (Å²) in [5.74, 6) is 0. The smallest absolute Gasteiger partial charge is 0.0797 e. The molecule has 0 N–H and O–H groups in total. The van der Waals surface area contributed by atoms with Gasteiger partial charge in [-0.15, -0.1) is 10.0 Å². The monoisotopic (exact) mass is 204 g/mol. The highest BCUT2D eigenvalue weighted by Crippen LogP contribution is 2.19. The lowest BCUT2D eigenvalue weighted by molar-refractivity contribution is 0.579. The van der Waals surface area contributed by atoms with Gasteiger partial charge in [-0.3, -0.25) is 0 Å². The minimum absolute atomic E-state index is 0.121. The van der Waals surface area contributed by atoms with E-state index in [9.17, 15) is 4.91 Å². The van der Waals surface area contributed by atoms with Crippen molar-refractivity contribution in [1.29, 1.82) is 0 Å². The lowest BCUT2D eigenvalue weighted by Gasteiger charge is -2.19. The second kappa shape index (κ2) is 4.82. The van der Waals surface area contributed by atoms with E-state index in [1.807, 2.05) is 51.1 Å². The van der Waals surface area contributed by atoms with E-state index in [2.05, 4.69) is 10.4 Å². The Morgan fingerprint density at radius 3 is 2.27 bits per heavy atom. The van der Waals surface area contributed by atoms with E-state index >= 15 is 0 Å². The molecule has 0 fully saturated rings. The summed E-state index contributed by atoms with van der Waals surface area (Å²) >= 11 is 0. The van der Waals surface area contributed by atoms with Gasteiger partial charge < -0.3 is 0 Å². The summed E-state index contributed by atoms with van der Waals surface area (Å²) in [5.41, 5.74) is 1.84. The minimum atomic E-state index is -0.121. The molecule has 0 amide bonds. The first kappa shape index (κ1) is 11.6. The van der Waals surface area contributed by atoms with Crippen molar-refractivity contribution in [1.82, 2.24) is 0 Å². The third kappa shape index (κ3) is 3.62. The van der Waals surface area contributed by atoms with E-state index in [1.165, 1.54) is 0 Å². The van der Waals surface area contributed by atoms with Crippen LogP contribution in [0.2, 0.25) is 0 Å². The normalized spacial score (nSPS) is 12.6. The highest BCUT2D eigenvalue weighted by Gasteiger charge is 2.19. The van der Waals surface area contributed by atoms with Crippen molar-refractivity contribution in [2.45, 2.75) is 27.2 Å². The molecule has 0 spiro atoms. The third-order valence-corrected chi connectivity index (χ3v) is 2.24. The summed E-state index contributed by atoms with van der Waals surface area (Å²) in [6, 6.07) is 9.96. The molecule has 0 atom stereocenters. The van der Waals surface area contributed by atoms with E-state index in [0.717, 1.165) is 11.3 Å². The zero-order valence-electron chi connectivity index (χ0n) is 9.40. The second-order valence-electron chi connectivity index (χ2n) is 4.54. The molecule has 80 valence electrons. The summed E-state index contributed by atoms with van der Waals surface area (Å²) in [7, 11) is 0. The molecule has 1 aromatic rings. The molecule has 0 aliphatic carbocycles. The zero-order valence-corrected chi connectivity index (χ0v) is 9.40. The Balaban J connectivity index is 2.86. The van der Waals surface area contributed by atoms with Crippen LogP contribution in [0.15, 0.2) is 40.7 Å². The van der Waals surface area contributed by atoms with E-state index in [-0.39, 0.29) is 5.41 Å². The first-order valence-electron chi connectivity index (χ1n) is 4.97. The lowest BCUT2D eigenvalue weighted by atomic mass is 9.86. The Hall–Kier alpha value is -1.51. The first-order chi connectivity index (χ1) is 7.04. The Morgan fingerprint density at radius 2 is 1.80 bits per heavy atom. The van der Waals surface area contributed by atoms with Gasteiger partial charge >= 0.3 is 0 Å². The number of rotatable bonds is 3. The highest BCUT2D eigenvalue weighted by molar-refractivity contribution is 5.90. The van der Waals surface area contributed by atoms with Crippen LogP contribution in [0.5, 0.6) is 0 Å². The minimum Gasteiger partial charge on any atom is -0.123 e. The van der Waals surface area contributed by atoms with Crippen LogP contribution < -0.4 is 0 Å². The van der Waals surface area contributed by atoms with Gasteiger partial charge in [-0.2, -0.15) is 0 Å². The number of nitrogens with zero attached hydrogens (tertiary/aromatic N) is 2. The van der Waals surface area contributed by atoms with Crippen LogP contribution >= 0.6 is 0 Å². The lowest BCUT2D eigenvalue weighted by Crippen LogP contribution is -2.22. The van der Waals surface area contributed by atoms with Gasteiger partial charge in [-0.05, 0) is 5.56 Å². The van der Waals surface area contributed by atoms with Crippen LogP contribution in [0.25, 0.3) is 0 Å². The molecule has 0 aliphatic heterocycles. The number of hydrogen-bond donors (Lipinski definition) is 0. The highest BCUT2D eigenvalue weighted by atomic mass is 16.3. The Morgan fingerprint density at radius 1 is 1.20 bits per heavy atom. The van der Waals surface area contributed by atoms with E-state index in [4.69, 9.17) is 0 Å². The summed E-state index contributed by atoms with van der Waals surface area (Å²) in [5, 5.41) is 6.31. The molecule has 0 bridgehead atoms. The van der Waals surface area contributed by atoms with Gasteiger partial charge in [0, 0.05) is 11.8 Å². The average molecular weight is 204 g/mol. The van der Waals surface area contributed by atoms with Crippen LogP contribution in [-0.2, 0) is 6.42 Å². The fourth-order valence-corrected chi connectivity index (χ4v) is 1.29. The second-order valence-corrected chi connectivity index (χ2v) is 4.54. The predicted octanol–water partition coefficient (Wildman–Crippen LogP) is 3.40. The molecule has 0 saturated heterocycles. The van der Waals surface area contributed by atoms with Gasteiger partial charge in [0.25, 0.3) is 0 Å². The van der Waals surface area contributed by atoms with E-state index in [0.29, 0.717) is 6.42 Å². The van der Waals surface area contributed by atoms with Crippen LogP contribution in [0.4, 0.5) is 0 Å². The summed E-state index contributed by atoms with van der Waals surface area (Å²) < 4.78 is 0. The van der Waals surface area contributed by atoms with Crippen LogP contribution in [0.1, 0.15) is 26.3 Å². The van der Waals surface area contributed by atoms with Crippen LogP contribution in [-0.4, -0.2) is 5.71 Å². The number of benzene rings is 1. The van der Waals surface area contributed by atoms with E-state index < -0.39 is 0 Å². The van der Waals surface area contributed by atoms with E-state index in [1.54, 1.807) is 0 Å². The maximum absolute atomic E-state index is 10.2. The Kier molecular flexibility index (Phi) is 3.72. The summed E-state index contributed by atoms with van der Waals surface area (Å²) in [4.78, 5) is 10.2. The van der Waals surface area contributed by atoms with Gasteiger partial charge in [-0.25, -0.2) is 0 Å². The van der Waals surface area contributed by atoms with Crippen molar-refractivity contribution in [3.63, 3.8) is 0 Å². The molecule has 0 unspecified atom stereocenters. The quantitative estimate of drug-likeness (QED) is 0.422. The molecular formula is C12H16N2O. The van der Waals surface area contributed by atoms with Gasteiger partial charge in [0.15, 0.2) is 0 Å². The summed E-state index contributed by atoms with van der Waals surface area (Å²) in [6.07, 6.45) is 0.677. The molecule has 0 aromatic heterocycles. The fourth-order valence-electron chi connectivity index (χ4n) is 1.29. The van der Waals surface area contributed by atoms with Gasteiger partial charge in [0.1, 0.15) is 0 Å². The topological polar surface area (TPSA) is 41.8 Å². The molecule has 0 saturated carbocycles. The van der Waals surface area contributed by atoms with Crippen LogP contribution in [0, 0.1) is 10.3 Å². The van der Waals surface area contributed by atoms with Gasteiger partial charge in [-0.1, -0.05) is 51.1 Å². The molecule has 0 heterocycles. The number of nitroso groups, excluding NO2 is 1. The summed E-state index contributed by atoms with van der Waals surface area (Å²) in [6.45, 7) is 6.08. The maximum Gasteiger partial charge on any atom is 0.0797 e. The molecule has 0 aliphatic rings. The van der Waals surface area contributed by atoms with Crippen molar-refractivity contribution in [2.24, 2.45) is 15.8 Å². The Labute approximate surface area is 90.2 Å². The largest absolute Gasteiger partial charge is 0.123 e. The van der Waals surface area contributed by atoms with Gasteiger partial charge in [0.2, 0.25) is 0 Å². The number of hydrogen-bond acceptors (Lipinski definition) is 2. The standard InChI is InChI=1S/C12H16N2O/c1-12(2,3)11(13-14-15)9-10-7-5-4-6-8-10/h4-8H,9H2,1-3H3/b13-11+. The average Bonchev–Trinajstić information content (AvgIpc) is 2.17. The van der Waals surface area contributed by atoms with Crippen molar-refractivity contribution < 1.29 is 0 Å². The van der Waals surface area contributed by atoms with Crippen molar-refractivity contribution >= 4 is 5.71 Å². The fraction of sp³-hybridized carbons (Fsp3) is 0.417. The molecule has 3 nitrogen and oxygen atoms in total. The predicted molar refractivity (Wildman–Crippen MR) is 62.8 cm³/mol. The molecule has 0 radical (unpaired) electrons. The van der Waals surface area contributed by atoms with Gasteiger partial charge in [0.05, 0.1) is 11.0 Å². The zero-order chi connectivity index (χ0) is 11.3. The first-order valence-corrected chi connectivity index (χ1v) is 4.97. The Bertz CT molecular complexity index is 350. The van der Waals surface area contributed by atoms with Crippen LogP contribution in [0.3, 0.4) is 0 Å². The third-order valence-electron chi connectivity index (χ3n) is 2.24. The van der Waals surface area contributed by atoms with Crippen molar-refractivity contribution in [3.05, 3.63) is 40.8 Å².